The molecule has 0 saturated heterocycles. The molecule has 0 spiro atoms. The van der Waals surface area contributed by atoms with E-state index in [4.69, 9.17) is 4.74 Å². The zero-order chi connectivity index (χ0) is 22.6. The summed E-state index contributed by atoms with van der Waals surface area (Å²) in [7, 11) is 0. The monoisotopic (exact) mass is 430 g/mol. The van der Waals surface area contributed by atoms with Crippen molar-refractivity contribution in [1.29, 1.82) is 0 Å². The molecule has 0 bridgehead atoms. The lowest BCUT2D eigenvalue weighted by atomic mass is 9.35. The number of esters is 1. The maximum absolute atomic E-state index is 13.0. The molecule has 9 atom stereocenters. The fraction of sp³-hybridized carbons (Fsp3) is 0.889. The van der Waals surface area contributed by atoms with E-state index in [1.807, 2.05) is 0 Å². The van der Waals surface area contributed by atoms with Crippen molar-refractivity contribution in [3.8, 4) is 0 Å². The Hall–Kier alpha value is -0.870. The molecule has 4 aliphatic carbocycles. The Bertz CT molecular complexity index is 844. The number of hydrogen-bond donors (Lipinski definition) is 2. The molecule has 0 aromatic carbocycles. The highest BCUT2D eigenvalue weighted by Crippen LogP contribution is 2.74. The number of rotatable bonds is 1. The van der Waals surface area contributed by atoms with Crippen LogP contribution in [0.25, 0.3) is 0 Å². The van der Waals surface area contributed by atoms with E-state index in [0.29, 0.717) is 34.8 Å². The smallest absolute Gasteiger partial charge is 0.337 e. The highest BCUT2D eigenvalue weighted by atomic mass is 16.7. The number of hydrogen-bond acceptors (Lipinski definition) is 4. The van der Waals surface area contributed by atoms with Gasteiger partial charge in [0.15, 0.2) is 0 Å². The van der Waals surface area contributed by atoms with E-state index in [-0.39, 0.29) is 16.7 Å². The molecule has 0 aromatic heterocycles. The average Bonchev–Trinajstić information content (AvgIpc) is 2.93. The number of ether oxygens (including phenoxy) is 1. The van der Waals surface area contributed by atoms with Gasteiger partial charge in [0.2, 0.25) is 5.79 Å². The van der Waals surface area contributed by atoms with Crippen molar-refractivity contribution in [3.05, 3.63) is 11.1 Å². The summed E-state index contributed by atoms with van der Waals surface area (Å²) in [5.41, 5.74) is 1.41. The second kappa shape index (κ2) is 6.38. The molecule has 1 aliphatic heterocycles. The Kier molecular flexibility index (Phi) is 4.51. The zero-order valence-corrected chi connectivity index (χ0v) is 20.4. The third-order valence-corrected chi connectivity index (χ3v) is 11.7. The largest absolute Gasteiger partial charge is 0.426 e. The lowest BCUT2D eigenvalue weighted by molar-refractivity contribution is -0.220. The minimum absolute atomic E-state index is 0.0957. The first-order valence-electron chi connectivity index (χ1n) is 12.7. The van der Waals surface area contributed by atoms with Crippen LogP contribution in [0.5, 0.6) is 0 Å². The normalized spacial score (nSPS) is 56.3. The van der Waals surface area contributed by atoms with Crippen LogP contribution in [0, 0.1) is 39.4 Å². The summed E-state index contributed by atoms with van der Waals surface area (Å²) in [6.07, 6.45) is 9.31. The molecule has 4 heteroatoms. The number of fused-ring (bicyclic) bond motifs is 6. The van der Waals surface area contributed by atoms with Gasteiger partial charge in [-0.3, -0.25) is 0 Å². The summed E-state index contributed by atoms with van der Waals surface area (Å²) in [5.74, 6) is -0.513. The summed E-state index contributed by atoms with van der Waals surface area (Å²) in [5, 5.41) is 22.5. The fourth-order valence-corrected chi connectivity index (χ4v) is 10.1. The predicted molar refractivity (Wildman–Crippen MR) is 120 cm³/mol. The van der Waals surface area contributed by atoms with Crippen LogP contribution in [0.4, 0.5) is 0 Å². The number of aliphatic hydroxyl groups is 2. The molecule has 4 nitrogen and oxygen atoms in total. The fourth-order valence-electron chi connectivity index (χ4n) is 10.1. The third-order valence-electron chi connectivity index (χ3n) is 11.7. The molecule has 31 heavy (non-hydrogen) atoms. The summed E-state index contributed by atoms with van der Waals surface area (Å²) in [4.78, 5) is 13.0. The highest BCUT2D eigenvalue weighted by molar-refractivity contribution is 5.94. The molecule has 0 radical (unpaired) electrons. The van der Waals surface area contributed by atoms with Gasteiger partial charge in [0.05, 0.1) is 11.7 Å². The molecule has 3 fully saturated rings. The van der Waals surface area contributed by atoms with Gasteiger partial charge in [-0.05, 0) is 78.9 Å². The van der Waals surface area contributed by atoms with Crippen LogP contribution in [-0.4, -0.2) is 28.1 Å². The molecule has 5 aliphatic rings. The molecular formula is C27H42O4. The van der Waals surface area contributed by atoms with E-state index in [2.05, 4.69) is 34.6 Å². The van der Waals surface area contributed by atoms with Crippen LogP contribution >= 0.6 is 0 Å². The number of cyclic esters (lactones) is 1. The van der Waals surface area contributed by atoms with Crippen LogP contribution in [0.3, 0.4) is 0 Å². The molecule has 174 valence electrons. The van der Waals surface area contributed by atoms with Gasteiger partial charge < -0.3 is 14.9 Å². The Labute approximate surface area is 187 Å². The first-order chi connectivity index (χ1) is 14.3. The number of carbonyl (C=O) groups excluding carboxylic acids is 1. The number of aliphatic hydroxyl groups excluding tert-OH is 1. The SMILES string of the molecule is CC[C@@]1(C)CCC[C@@]2(C)C1CC[C@@]1(C)[C@@H]3CCC4=C(C(=O)O[C@]4(C)O)[C@@]3(C)[C@@H](O)C[C@@H]12. The van der Waals surface area contributed by atoms with Crippen molar-refractivity contribution in [3.63, 3.8) is 0 Å². The number of carbonyl (C=O) groups is 1. The van der Waals surface area contributed by atoms with Crippen molar-refractivity contribution in [1.82, 2.24) is 0 Å². The Balaban J connectivity index is 1.60. The maximum atomic E-state index is 13.0. The van der Waals surface area contributed by atoms with Crippen molar-refractivity contribution in [2.24, 2.45) is 39.4 Å². The lowest BCUT2D eigenvalue weighted by Crippen LogP contribution is -2.65. The van der Waals surface area contributed by atoms with Crippen LogP contribution in [0.1, 0.15) is 99.3 Å². The van der Waals surface area contributed by atoms with Gasteiger partial charge in [0, 0.05) is 17.9 Å². The van der Waals surface area contributed by atoms with Crippen LogP contribution in [-0.2, 0) is 9.53 Å². The summed E-state index contributed by atoms with van der Waals surface area (Å²) in [6, 6.07) is 0. The zero-order valence-electron chi connectivity index (χ0n) is 20.4. The summed E-state index contributed by atoms with van der Waals surface area (Å²) in [6.45, 7) is 13.5. The minimum atomic E-state index is -1.52. The first kappa shape index (κ1) is 21.9. The van der Waals surface area contributed by atoms with Crippen molar-refractivity contribution >= 4 is 5.97 Å². The highest BCUT2D eigenvalue weighted by Gasteiger charge is 2.69. The Morgan fingerprint density at radius 2 is 1.65 bits per heavy atom. The van der Waals surface area contributed by atoms with Gasteiger partial charge in [0.25, 0.3) is 0 Å². The quantitative estimate of drug-likeness (QED) is 0.549. The van der Waals surface area contributed by atoms with E-state index >= 15 is 0 Å². The van der Waals surface area contributed by atoms with Crippen LogP contribution in [0.15, 0.2) is 11.1 Å². The van der Waals surface area contributed by atoms with Crippen molar-refractivity contribution in [2.45, 2.75) is 111 Å². The molecule has 0 amide bonds. The van der Waals surface area contributed by atoms with Crippen molar-refractivity contribution in [2.75, 3.05) is 0 Å². The summed E-state index contributed by atoms with van der Waals surface area (Å²) >= 11 is 0. The van der Waals surface area contributed by atoms with E-state index in [9.17, 15) is 15.0 Å². The second-order valence-electron chi connectivity index (χ2n) is 12.9. The minimum Gasteiger partial charge on any atom is -0.426 e. The molecule has 5 rings (SSSR count). The first-order valence-corrected chi connectivity index (χ1v) is 12.7. The molecule has 1 unspecified atom stereocenters. The van der Waals surface area contributed by atoms with Gasteiger partial charge >= 0.3 is 5.97 Å². The van der Waals surface area contributed by atoms with Crippen LogP contribution in [0.2, 0.25) is 0 Å². The van der Waals surface area contributed by atoms with Gasteiger partial charge in [-0.1, -0.05) is 47.5 Å². The molecular weight excluding hydrogens is 388 g/mol. The van der Waals surface area contributed by atoms with E-state index < -0.39 is 23.3 Å². The van der Waals surface area contributed by atoms with Gasteiger partial charge in [-0.25, -0.2) is 4.79 Å². The molecule has 2 N–H and O–H groups in total. The lowest BCUT2D eigenvalue weighted by Gasteiger charge is -2.70. The van der Waals surface area contributed by atoms with E-state index in [1.54, 1.807) is 6.92 Å². The maximum Gasteiger partial charge on any atom is 0.337 e. The van der Waals surface area contributed by atoms with E-state index in [0.717, 1.165) is 12.8 Å². The molecule has 0 aromatic rings. The van der Waals surface area contributed by atoms with Gasteiger partial charge in [-0.15, -0.1) is 0 Å². The molecule has 3 saturated carbocycles. The Morgan fingerprint density at radius 1 is 0.968 bits per heavy atom. The summed E-state index contributed by atoms with van der Waals surface area (Å²) < 4.78 is 5.41. The van der Waals surface area contributed by atoms with E-state index in [1.165, 1.54) is 38.5 Å². The second-order valence-corrected chi connectivity index (χ2v) is 12.9. The van der Waals surface area contributed by atoms with Gasteiger partial charge in [0.1, 0.15) is 0 Å². The van der Waals surface area contributed by atoms with Crippen LogP contribution < -0.4 is 0 Å². The third kappa shape index (κ3) is 2.53. The van der Waals surface area contributed by atoms with Gasteiger partial charge in [-0.2, -0.15) is 0 Å². The topological polar surface area (TPSA) is 66.8 Å². The predicted octanol–water partition coefficient (Wildman–Crippen LogP) is 5.37. The van der Waals surface area contributed by atoms with Crippen molar-refractivity contribution < 1.29 is 19.7 Å². The Morgan fingerprint density at radius 3 is 2.32 bits per heavy atom. The molecule has 1 heterocycles. The standard InChI is InChI=1S/C27H42O4/c1-7-23(2)12-8-13-24(3)17(23)11-14-25(4)18-10-9-16-21(22(29)31-27(16,6)30)26(18,5)20(28)15-19(24)25/h17-20,28,30H,7-15H2,1-6H3/t17?,18-,19+,20-,23-,24-,25-,26+,27-/m0/s1. The average molecular weight is 431 g/mol.